The lowest BCUT2D eigenvalue weighted by Crippen LogP contribution is -2.56. The summed E-state index contributed by atoms with van der Waals surface area (Å²) in [6.07, 6.45) is 24.5. The predicted octanol–water partition coefficient (Wildman–Crippen LogP) is 7.00. The lowest BCUT2D eigenvalue weighted by molar-refractivity contribution is -0.882. The molecule has 28 heavy (non-hydrogen) atoms. The molecule has 0 fully saturated rings. The van der Waals surface area contributed by atoms with Crippen LogP contribution in [0.15, 0.2) is 17.1 Å². The van der Waals surface area contributed by atoms with Gasteiger partial charge in [-0.15, -0.1) is 0 Å². The van der Waals surface area contributed by atoms with E-state index >= 15 is 0 Å². The van der Waals surface area contributed by atoms with Crippen molar-refractivity contribution in [3.05, 3.63) is 12.2 Å². The van der Waals surface area contributed by atoms with Gasteiger partial charge in [0.2, 0.25) is 5.84 Å². The van der Waals surface area contributed by atoms with Gasteiger partial charge in [-0.05, 0) is 32.6 Å². The number of likely N-dealkylation sites (N-methyl/N-ethyl adjacent to an activating group) is 1. The highest BCUT2D eigenvalue weighted by atomic mass is 16.3. The second-order valence-electron chi connectivity index (χ2n) is 8.66. The highest BCUT2D eigenvalue weighted by Crippen LogP contribution is 2.23. The Morgan fingerprint density at radius 2 is 1.39 bits per heavy atom. The molecule has 1 heterocycles. The van der Waals surface area contributed by atoms with Crippen molar-refractivity contribution in [1.29, 1.82) is 0 Å². The van der Waals surface area contributed by atoms with E-state index in [4.69, 9.17) is 4.99 Å². The summed E-state index contributed by atoms with van der Waals surface area (Å²) in [7, 11) is 0. The van der Waals surface area contributed by atoms with Crippen molar-refractivity contribution in [2.24, 2.45) is 4.99 Å². The van der Waals surface area contributed by atoms with E-state index in [-0.39, 0.29) is 6.23 Å². The van der Waals surface area contributed by atoms with E-state index < -0.39 is 0 Å². The van der Waals surface area contributed by atoms with Crippen LogP contribution in [-0.4, -0.2) is 41.3 Å². The van der Waals surface area contributed by atoms with E-state index in [0.29, 0.717) is 0 Å². The number of hydrogen-bond acceptors (Lipinski definition) is 2. The highest BCUT2D eigenvalue weighted by Gasteiger charge is 2.40. The first-order valence-corrected chi connectivity index (χ1v) is 12.4. The molecule has 0 bridgehead atoms. The van der Waals surface area contributed by atoms with Crippen LogP contribution in [-0.2, 0) is 0 Å². The number of unbranched alkanes of at least 4 members (excludes halogenated alkanes) is 12. The Balaban J connectivity index is 1.89. The number of amidine groups is 1. The summed E-state index contributed by atoms with van der Waals surface area (Å²) in [5, 5.41) is 10.2. The van der Waals surface area contributed by atoms with Gasteiger partial charge in [0.15, 0.2) is 6.23 Å². The summed E-state index contributed by atoms with van der Waals surface area (Å²) in [5.74, 6) is 1.25. The Hall–Kier alpha value is -0.670. The van der Waals surface area contributed by atoms with Crippen LogP contribution in [0.3, 0.4) is 0 Å². The molecule has 0 saturated heterocycles. The molecule has 0 spiro atoms. The molecule has 0 amide bonds. The minimum atomic E-state index is -0.316. The zero-order valence-corrected chi connectivity index (χ0v) is 19.3. The number of aliphatic imine (C=N–C) groups is 1. The number of hydrogen-bond donors (Lipinski definition) is 1. The lowest BCUT2D eigenvalue weighted by atomic mass is 10.0. The third-order valence-corrected chi connectivity index (χ3v) is 6.51. The Morgan fingerprint density at radius 3 is 1.89 bits per heavy atom. The van der Waals surface area contributed by atoms with Crippen LogP contribution in [0.2, 0.25) is 0 Å². The standard InChI is InChI=1S/C25H49N2O/c1-4-6-7-8-9-10-11-12-13-14-15-16-17-18-19-20-21-25-26-22-23-27(25,5-2)24(3)28/h6-7,24,28H,4-5,8-23H2,1-3H3/q+1/b7-6+. The van der Waals surface area contributed by atoms with Crippen molar-refractivity contribution in [3.8, 4) is 0 Å². The summed E-state index contributed by atoms with van der Waals surface area (Å²) in [6, 6.07) is 0. The van der Waals surface area contributed by atoms with Gasteiger partial charge in [-0.25, -0.2) is 4.99 Å². The Kier molecular flexibility index (Phi) is 14.6. The van der Waals surface area contributed by atoms with Crippen molar-refractivity contribution in [2.75, 3.05) is 19.6 Å². The predicted molar refractivity (Wildman–Crippen MR) is 124 cm³/mol. The number of aliphatic hydroxyl groups is 1. The highest BCUT2D eigenvalue weighted by molar-refractivity contribution is 5.76. The monoisotopic (exact) mass is 393 g/mol. The molecule has 0 aliphatic carbocycles. The molecule has 2 atom stereocenters. The minimum absolute atomic E-state index is 0.316. The molecule has 3 heteroatoms. The quantitative estimate of drug-likeness (QED) is 0.152. The van der Waals surface area contributed by atoms with Crippen LogP contribution < -0.4 is 0 Å². The average molecular weight is 394 g/mol. The Bertz CT molecular complexity index is 430. The van der Waals surface area contributed by atoms with Crippen molar-refractivity contribution in [2.45, 2.75) is 123 Å². The zero-order valence-electron chi connectivity index (χ0n) is 19.3. The molecule has 1 aliphatic rings. The van der Waals surface area contributed by atoms with Gasteiger partial charge in [-0.2, -0.15) is 0 Å². The van der Waals surface area contributed by atoms with Gasteiger partial charge < -0.3 is 5.11 Å². The number of rotatable bonds is 18. The second-order valence-corrected chi connectivity index (χ2v) is 8.66. The van der Waals surface area contributed by atoms with Crippen LogP contribution in [0.1, 0.15) is 117 Å². The van der Waals surface area contributed by atoms with Gasteiger partial charge in [0, 0.05) is 13.3 Å². The van der Waals surface area contributed by atoms with Gasteiger partial charge >= 0.3 is 0 Å². The van der Waals surface area contributed by atoms with Crippen LogP contribution in [0, 0.1) is 0 Å². The maximum Gasteiger partial charge on any atom is 0.200 e. The number of aliphatic hydroxyl groups excluding tert-OH is 1. The Labute approximate surface area is 175 Å². The van der Waals surface area contributed by atoms with E-state index in [1.807, 2.05) is 6.92 Å². The van der Waals surface area contributed by atoms with Crippen molar-refractivity contribution in [1.82, 2.24) is 0 Å². The number of allylic oxidation sites excluding steroid dienone is 2. The van der Waals surface area contributed by atoms with Crippen LogP contribution >= 0.6 is 0 Å². The largest absolute Gasteiger partial charge is 0.345 e. The first kappa shape index (κ1) is 25.4. The molecular weight excluding hydrogens is 344 g/mol. The fourth-order valence-electron chi connectivity index (χ4n) is 4.53. The van der Waals surface area contributed by atoms with Gasteiger partial charge in [-0.3, -0.25) is 4.48 Å². The van der Waals surface area contributed by atoms with Crippen molar-refractivity contribution in [3.63, 3.8) is 0 Å². The number of quaternary nitrogens is 1. The summed E-state index contributed by atoms with van der Waals surface area (Å²) < 4.78 is 0.718. The maximum absolute atomic E-state index is 10.2. The fraction of sp³-hybridized carbons (Fsp3) is 0.880. The van der Waals surface area contributed by atoms with Crippen LogP contribution in [0.4, 0.5) is 0 Å². The molecule has 3 nitrogen and oxygen atoms in total. The van der Waals surface area contributed by atoms with E-state index in [2.05, 4.69) is 26.0 Å². The molecular formula is C25H49N2O+. The Morgan fingerprint density at radius 1 is 0.857 bits per heavy atom. The topological polar surface area (TPSA) is 32.6 Å². The smallest absolute Gasteiger partial charge is 0.200 e. The first-order chi connectivity index (χ1) is 13.7. The van der Waals surface area contributed by atoms with Gasteiger partial charge in [0.1, 0.15) is 6.54 Å². The summed E-state index contributed by atoms with van der Waals surface area (Å²) in [4.78, 5) is 4.71. The third kappa shape index (κ3) is 9.69. The molecule has 0 aromatic carbocycles. The van der Waals surface area contributed by atoms with E-state index in [9.17, 15) is 5.11 Å². The van der Waals surface area contributed by atoms with E-state index in [1.165, 1.54) is 95.7 Å². The molecule has 2 unspecified atom stereocenters. The molecule has 0 radical (unpaired) electrons. The van der Waals surface area contributed by atoms with Crippen molar-refractivity contribution >= 4 is 5.84 Å². The molecule has 0 aromatic heterocycles. The fourth-order valence-corrected chi connectivity index (χ4v) is 4.53. The first-order valence-electron chi connectivity index (χ1n) is 12.4. The molecule has 1 rings (SSSR count). The summed E-state index contributed by atoms with van der Waals surface area (Å²) in [5.41, 5.74) is 0. The lowest BCUT2D eigenvalue weighted by Gasteiger charge is -2.36. The zero-order chi connectivity index (χ0) is 20.5. The number of nitrogens with zero attached hydrogens (tertiary/aromatic N) is 2. The minimum Gasteiger partial charge on any atom is -0.345 e. The van der Waals surface area contributed by atoms with Crippen LogP contribution in [0.5, 0.6) is 0 Å². The SMILES string of the molecule is CC/C=C/CCCCCCCCCCCCCCC1=NCC[N+]1(CC)C(C)O. The van der Waals surface area contributed by atoms with Crippen LogP contribution in [0.25, 0.3) is 0 Å². The van der Waals surface area contributed by atoms with Gasteiger partial charge in [0.25, 0.3) is 0 Å². The molecule has 0 saturated carbocycles. The molecule has 0 aromatic rings. The van der Waals surface area contributed by atoms with Gasteiger partial charge in [-0.1, -0.05) is 83.3 Å². The second kappa shape index (κ2) is 16.2. The van der Waals surface area contributed by atoms with Gasteiger partial charge in [0.05, 0.1) is 13.1 Å². The molecule has 1 aliphatic heterocycles. The third-order valence-electron chi connectivity index (χ3n) is 6.51. The van der Waals surface area contributed by atoms with E-state index in [0.717, 1.165) is 30.5 Å². The maximum atomic E-state index is 10.2. The average Bonchev–Trinajstić information content (AvgIpc) is 3.12. The normalized spacial score (nSPS) is 20.8. The molecule has 1 N–H and O–H groups in total. The summed E-state index contributed by atoms with van der Waals surface area (Å²) >= 11 is 0. The van der Waals surface area contributed by atoms with E-state index in [1.54, 1.807) is 0 Å². The van der Waals surface area contributed by atoms with Crippen molar-refractivity contribution < 1.29 is 9.59 Å². The molecule has 164 valence electrons. The summed E-state index contributed by atoms with van der Waals surface area (Å²) in [6.45, 7) is 9.15.